The molecule has 9 aromatic carbocycles. The number of hydrogen-bond donors (Lipinski definition) is 0. The van der Waals surface area contributed by atoms with E-state index in [1.165, 1.54) is 11.1 Å². The van der Waals surface area contributed by atoms with E-state index in [1.807, 2.05) is 83.8 Å². The van der Waals surface area contributed by atoms with Gasteiger partial charge in [0, 0.05) is 39.3 Å². The van der Waals surface area contributed by atoms with E-state index in [9.17, 15) is 5.48 Å². The third kappa shape index (κ3) is 4.88. The van der Waals surface area contributed by atoms with E-state index < -0.39 is 10.8 Å². The van der Waals surface area contributed by atoms with Crippen molar-refractivity contribution in [3.05, 3.63) is 246 Å². The predicted molar refractivity (Wildman–Crippen MR) is 249 cm³/mol. The molecule has 0 unspecified atom stereocenters. The Hall–Kier alpha value is -7.42. The molecule has 0 amide bonds. The summed E-state index contributed by atoms with van der Waals surface area (Å²) in [5.74, 6) is 0. The lowest BCUT2D eigenvalue weighted by Crippen LogP contribution is -2.28. The fourth-order valence-electron chi connectivity index (χ4n) is 10.4. The second kappa shape index (κ2) is 13.0. The summed E-state index contributed by atoms with van der Waals surface area (Å²) in [4.78, 5) is 1.90. The zero-order valence-corrected chi connectivity index (χ0v) is 33.3. The zero-order chi connectivity index (χ0) is 43.5. The predicted octanol–water partition coefficient (Wildman–Crippen LogP) is 15.4. The molecule has 2 heteroatoms. The number of anilines is 3. The highest BCUT2D eigenvalue weighted by Crippen LogP contribution is 2.58. The number of hydrogen-bond acceptors (Lipinski definition) is 2. The van der Waals surface area contributed by atoms with Gasteiger partial charge in [-0.05, 0) is 109 Å². The molecule has 0 saturated heterocycles. The third-order valence-electron chi connectivity index (χ3n) is 13.0. The number of fused-ring (bicyclic) bond motifs is 9. The van der Waals surface area contributed by atoms with Crippen molar-refractivity contribution in [2.75, 3.05) is 4.90 Å². The van der Waals surface area contributed by atoms with Crippen LogP contribution in [0.15, 0.2) is 217 Å². The molecule has 2 nitrogen and oxygen atoms in total. The normalized spacial score (nSPS) is 15.0. The minimum Gasteiger partial charge on any atom is -0.456 e. The van der Waals surface area contributed by atoms with Gasteiger partial charge in [-0.3, -0.25) is 0 Å². The lowest BCUT2D eigenvalue weighted by molar-refractivity contribution is 0.662. The molecule has 1 aromatic heterocycles. The van der Waals surface area contributed by atoms with Gasteiger partial charge >= 0.3 is 0 Å². The average Bonchev–Trinajstić information content (AvgIpc) is 3.94. The Morgan fingerprint density at radius 3 is 1.72 bits per heavy atom. The van der Waals surface area contributed by atoms with E-state index in [-0.39, 0.29) is 29.9 Å². The Morgan fingerprint density at radius 1 is 0.417 bits per heavy atom. The lowest BCUT2D eigenvalue weighted by atomic mass is 9.67. The van der Waals surface area contributed by atoms with E-state index in [2.05, 4.69) is 123 Å². The minimum atomic E-state index is -0.699. The topological polar surface area (TPSA) is 16.4 Å². The molecular weight excluding hydrogens is 727 g/mol. The molecule has 2 aliphatic carbocycles. The van der Waals surface area contributed by atoms with Gasteiger partial charge in [0.15, 0.2) is 0 Å². The number of benzene rings is 9. The SMILES string of the molecule is [2H]c1c([2H])c(N(c2ccc3c(c2)C(c2ccccc2)(c2ccccc2)c2ccccc2-3)c2ccc3c(c2)oc2ccccc23)c([2H])c([2H])c1-c1cccc2c1C(C)(C)c1ccccc1-2. The first-order valence-corrected chi connectivity index (χ1v) is 20.6. The molecule has 60 heavy (non-hydrogen) atoms. The Kier molecular flexibility index (Phi) is 6.66. The molecule has 0 fully saturated rings. The standard InChI is InChI=1S/C58H41NO/c1-57(2)51-25-12-9-21-46(51)50-24-15-23-44(56(50)57)38-28-30-41(31-29-38)59(43-33-35-49-48-22-11-14-27-54(48)60-55(49)37-43)42-32-34-47-45-20-10-13-26-52(45)58(53(47)36-42,39-16-5-3-6-17-39)40-18-7-4-8-19-40/h3-37H,1-2H3/i28D,29D,30D,31D. The molecule has 0 spiro atoms. The lowest BCUT2D eigenvalue weighted by Gasteiger charge is -2.35. The molecule has 284 valence electrons. The highest BCUT2D eigenvalue weighted by Gasteiger charge is 2.46. The molecule has 0 radical (unpaired) electrons. The summed E-state index contributed by atoms with van der Waals surface area (Å²) >= 11 is 0. The van der Waals surface area contributed by atoms with Crippen LogP contribution in [0.1, 0.15) is 52.7 Å². The first-order valence-electron chi connectivity index (χ1n) is 22.6. The quantitative estimate of drug-likeness (QED) is 0.167. The van der Waals surface area contributed by atoms with Gasteiger partial charge in [-0.15, -0.1) is 0 Å². The Morgan fingerprint density at radius 2 is 0.967 bits per heavy atom. The van der Waals surface area contributed by atoms with Crippen molar-refractivity contribution in [3.63, 3.8) is 0 Å². The molecule has 12 rings (SSSR count). The van der Waals surface area contributed by atoms with Crippen LogP contribution in [0.2, 0.25) is 0 Å². The van der Waals surface area contributed by atoms with Crippen LogP contribution in [-0.2, 0) is 10.8 Å². The van der Waals surface area contributed by atoms with Crippen LogP contribution in [0.5, 0.6) is 0 Å². The van der Waals surface area contributed by atoms with Gasteiger partial charge in [0.2, 0.25) is 0 Å². The van der Waals surface area contributed by atoms with Gasteiger partial charge in [-0.1, -0.05) is 178 Å². The molecule has 0 N–H and O–H groups in total. The van der Waals surface area contributed by atoms with Crippen LogP contribution >= 0.6 is 0 Å². The van der Waals surface area contributed by atoms with Crippen LogP contribution in [0.4, 0.5) is 17.1 Å². The highest BCUT2D eigenvalue weighted by molar-refractivity contribution is 6.06. The van der Waals surface area contributed by atoms with E-state index in [0.29, 0.717) is 28.1 Å². The number of nitrogens with zero attached hydrogens (tertiary/aromatic N) is 1. The summed E-state index contributed by atoms with van der Waals surface area (Å²) in [6, 6.07) is 64.1. The summed E-state index contributed by atoms with van der Waals surface area (Å²) in [6.45, 7) is 4.36. The van der Waals surface area contributed by atoms with Gasteiger partial charge in [-0.25, -0.2) is 0 Å². The molecule has 0 bridgehead atoms. The second-order valence-electron chi connectivity index (χ2n) is 16.5. The first-order chi connectivity index (χ1) is 31.2. The van der Waals surface area contributed by atoms with Crippen LogP contribution < -0.4 is 4.90 Å². The molecule has 0 atom stereocenters. The van der Waals surface area contributed by atoms with E-state index >= 15 is 0 Å². The third-order valence-corrected chi connectivity index (χ3v) is 13.0. The van der Waals surface area contributed by atoms with Crippen molar-refractivity contribution in [1.29, 1.82) is 0 Å². The fraction of sp³-hybridized carbons (Fsp3) is 0.0690. The van der Waals surface area contributed by atoms with Gasteiger partial charge < -0.3 is 9.32 Å². The Labute approximate surface area is 356 Å². The van der Waals surface area contributed by atoms with Crippen LogP contribution in [0.25, 0.3) is 55.3 Å². The van der Waals surface area contributed by atoms with Crippen LogP contribution in [-0.4, -0.2) is 0 Å². The van der Waals surface area contributed by atoms with Gasteiger partial charge in [-0.2, -0.15) is 0 Å². The van der Waals surface area contributed by atoms with Crippen molar-refractivity contribution < 1.29 is 9.90 Å². The highest BCUT2D eigenvalue weighted by atomic mass is 16.3. The zero-order valence-electron chi connectivity index (χ0n) is 37.3. The van der Waals surface area contributed by atoms with Crippen molar-refractivity contribution in [2.45, 2.75) is 24.7 Å². The molecule has 0 aliphatic heterocycles. The molecular formula is C58H41NO. The fourth-order valence-corrected chi connectivity index (χ4v) is 10.4. The number of para-hydroxylation sites is 1. The smallest absolute Gasteiger partial charge is 0.137 e. The Bertz CT molecular complexity index is 3470. The molecule has 0 saturated carbocycles. The van der Waals surface area contributed by atoms with Gasteiger partial charge in [0.1, 0.15) is 11.2 Å². The second-order valence-corrected chi connectivity index (χ2v) is 16.5. The Balaban J connectivity index is 1.13. The summed E-state index contributed by atoms with van der Waals surface area (Å²) in [5.41, 5.74) is 13.9. The van der Waals surface area contributed by atoms with E-state index in [1.54, 1.807) is 0 Å². The van der Waals surface area contributed by atoms with Gasteiger partial charge in [0.25, 0.3) is 0 Å². The minimum absolute atomic E-state index is 0.0949. The van der Waals surface area contributed by atoms with Crippen molar-refractivity contribution in [3.8, 4) is 33.4 Å². The maximum Gasteiger partial charge on any atom is 0.137 e. The van der Waals surface area contributed by atoms with Crippen molar-refractivity contribution in [2.24, 2.45) is 0 Å². The summed E-state index contributed by atoms with van der Waals surface area (Å²) in [5, 5.41) is 1.95. The molecule has 1 heterocycles. The largest absolute Gasteiger partial charge is 0.456 e. The molecule has 10 aromatic rings. The summed E-state index contributed by atoms with van der Waals surface area (Å²) in [6.07, 6.45) is 0. The van der Waals surface area contributed by atoms with E-state index in [0.717, 1.165) is 60.9 Å². The number of rotatable bonds is 6. The summed E-state index contributed by atoms with van der Waals surface area (Å²) < 4.78 is 46.1. The summed E-state index contributed by atoms with van der Waals surface area (Å²) in [7, 11) is 0. The average molecular weight is 772 g/mol. The van der Waals surface area contributed by atoms with Crippen molar-refractivity contribution >= 4 is 39.0 Å². The maximum atomic E-state index is 9.98. The van der Waals surface area contributed by atoms with E-state index in [4.69, 9.17) is 4.42 Å². The maximum absolute atomic E-state index is 9.98. The van der Waals surface area contributed by atoms with Crippen LogP contribution in [0.3, 0.4) is 0 Å². The van der Waals surface area contributed by atoms with Crippen molar-refractivity contribution in [1.82, 2.24) is 0 Å². The van der Waals surface area contributed by atoms with Gasteiger partial charge in [0.05, 0.1) is 10.9 Å². The monoisotopic (exact) mass is 771 g/mol. The van der Waals surface area contributed by atoms with Crippen LogP contribution in [0, 0.1) is 0 Å². The number of furan rings is 1. The molecule has 2 aliphatic rings. The first kappa shape index (κ1) is 30.6.